The summed E-state index contributed by atoms with van der Waals surface area (Å²) in [6.07, 6.45) is 0. The molecule has 0 aliphatic carbocycles. The third kappa shape index (κ3) is 3.90. The molecule has 0 saturated heterocycles. The van der Waals surface area contributed by atoms with Crippen LogP contribution in [0.2, 0.25) is 0 Å². The monoisotopic (exact) mass is 434 g/mol. The van der Waals surface area contributed by atoms with E-state index in [1.54, 1.807) is 24.3 Å². The molecule has 0 heterocycles. The van der Waals surface area contributed by atoms with E-state index in [0.717, 1.165) is 11.1 Å². The molecular formula is C26H26O6. The van der Waals surface area contributed by atoms with Gasteiger partial charge in [-0.05, 0) is 38.1 Å². The molecule has 0 amide bonds. The summed E-state index contributed by atoms with van der Waals surface area (Å²) >= 11 is 0. The van der Waals surface area contributed by atoms with Crippen molar-refractivity contribution in [2.24, 2.45) is 0 Å². The highest BCUT2D eigenvalue weighted by atomic mass is 16.5. The fourth-order valence-electron chi connectivity index (χ4n) is 3.94. The lowest BCUT2D eigenvalue weighted by atomic mass is 9.94. The van der Waals surface area contributed by atoms with Gasteiger partial charge in [-0.2, -0.15) is 0 Å². The first kappa shape index (κ1) is 21.7. The van der Waals surface area contributed by atoms with Crippen molar-refractivity contribution >= 4 is 21.5 Å². The zero-order chi connectivity index (χ0) is 22.8. The number of phenolic OH excluding ortho intramolecular Hbond substituents is 2. The predicted octanol–water partition coefficient (Wildman–Crippen LogP) is 4.43. The highest BCUT2D eigenvalue weighted by Crippen LogP contribution is 2.48. The van der Waals surface area contributed by atoms with Gasteiger partial charge in [-0.25, -0.2) is 0 Å². The highest BCUT2D eigenvalue weighted by molar-refractivity contribution is 6.04. The van der Waals surface area contributed by atoms with Crippen LogP contribution < -0.4 is 9.47 Å². The zero-order valence-electron chi connectivity index (χ0n) is 18.1. The Kier molecular flexibility index (Phi) is 6.08. The van der Waals surface area contributed by atoms with Gasteiger partial charge in [0.15, 0.2) is 0 Å². The Morgan fingerprint density at radius 3 is 1.38 bits per heavy atom. The molecule has 4 aromatic carbocycles. The van der Waals surface area contributed by atoms with Crippen LogP contribution >= 0.6 is 0 Å². The van der Waals surface area contributed by atoms with E-state index < -0.39 is 0 Å². The summed E-state index contributed by atoms with van der Waals surface area (Å²) in [7, 11) is 0. The van der Waals surface area contributed by atoms with Crippen molar-refractivity contribution < 1.29 is 29.9 Å². The molecule has 0 unspecified atom stereocenters. The Bertz CT molecular complexity index is 1190. The van der Waals surface area contributed by atoms with Crippen molar-refractivity contribution in [2.45, 2.75) is 13.8 Å². The summed E-state index contributed by atoms with van der Waals surface area (Å²) in [5.41, 5.74) is 2.76. The van der Waals surface area contributed by atoms with Crippen LogP contribution in [-0.2, 0) is 0 Å². The maximum atomic E-state index is 11.2. The number of ether oxygens (including phenoxy) is 2. The van der Waals surface area contributed by atoms with Crippen molar-refractivity contribution in [1.29, 1.82) is 0 Å². The summed E-state index contributed by atoms with van der Waals surface area (Å²) in [4.78, 5) is 0. The third-order valence-corrected chi connectivity index (χ3v) is 5.44. The number of aryl methyl sites for hydroxylation is 2. The molecule has 0 spiro atoms. The molecule has 0 fully saturated rings. The van der Waals surface area contributed by atoms with Gasteiger partial charge >= 0.3 is 0 Å². The van der Waals surface area contributed by atoms with Gasteiger partial charge in [0.05, 0.1) is 13.2 Å². The van der Waals surface area contributed by atoms with E-state index in [-0.39, 0.29) is 37.9 Å². The summed E-state index contributed by atoms with van der Waals surface area (Å²) in [6.45, 7) is 3.79. The van der Waals surface area contributed by atoms with Crippen LogP contribution in [0.15, 0.2) is 48.5 Å². The van der Waals surface area contributed by atoms with E-state index in [1.165, 1.54) is 0 Å². The topological polar surface area (TPSA) is 99.4 Å². The Morgan fingerprint density at radius 2 is 1.00 bits per heavy atom. The first-order valence-electron chi connectivity index (χ1n) is 10.4. The van der Waals surface area contributed by atoms with Crippen LogP contribution in [0.5, 0.6) is 23.0 Å². The van der Waals surface area contributed by atoms with Crippen molar-refractivity contribution in [3.05, 3.63) is 59.7 Å². The molecule has 0 radical (unpaired) electrons. The lowest BCUT2D eigenvalue weighted by molar-refractivity contribution is 0.202. The van der Waals surface area contributed by atoms with Gasteiger partial charge in [-0.3, -0.25) is 0 Å². The van der Waals surface area contributed by atoms with E-state index >= 15 is 0 Å². The second-order valence-corrected chi connectivity index (χ2v) is 7.78. The first-order valence-corrected chi connectivity index (χ1v) is 10.4. The largest absolute Gasteiger partial charge is 0.507 e. The molecule has 6 nitrogen and oxygen atoms in total. The smallest absolute Gasteiger partial charge is 0.131 e. The molecule has 4 aromatic rings. The standard InChI is InChI=1S/C26H26O6/c1-15-3-5-17-19(11-15)23(31-9-7-27)13-21(25(17)29)22-14-24(32-10-8-28)20-12-16(2)4-6-18(20)26(22)30/h3-6,11-14,27-30H,7-10H2,1-2H3. The first-order chi connectivity index (χ1) is 15.4. The third-order valence-electron chi connectivity index (χ3n) is 5.44. The van der Waals surface area contributed by atoms with E-state index in [1.807, 2.05) is 38.1 Å². The number of fused-ring (bicyclic) bond motifs is 2. The van der Waals surface area contributed by atoms with Crippen LogP contribution in [0.4, 0.5) is 0 Å². The molecule has 0 aromatic heterocycles. The number of benzene rings is 4. The number of aliphatic hydroxyl groups excluding tert-OH is 2. The Morgan fingerprint density at radius 1 is 0.594 bits per heavy atom. The minimum absolute atomic E-state index is 0.00576. The molecule has 0 bridgehead atoms. The molecule has 0 saturated carbocycles. The summed E-state index contributed by atoms with van der Waals surface area (Å²) in [5.74, 6) is 0.996. The Labute approximate surface area is 185 Å². The number of hydrogen-bond donors (Lipinski definition) is 4. The average Bonchev–Trinajstić information content (AvgIpc) is 2.78. The lowest BCUT2D eigenvalue weighted by Crippen LogP contribution is -2.03. The molecule has 32 heavy (non-hydrogen) atoms. The van der Waals surface area contributed by atoms with Crippen molar-refractivity contribution in [1.82, 2.24) is 0 Å². The highest BCUT2D eigenvalue weighted by Gasteiger charge is 2.20. The van der Waals surface area contributed by atoms with E-state index in [0.29, 0.717) is 44.2 Å². The SMILES string of the molecule is Cc1ccc2c(O)c(-c3cc(OCCO)c4cc(C)ccc4c3O)cc(OCCO)c2c1. The fourth-order valence-corrected chi connectivity index (χ4v) is 3.94. The molecule has 0 aliphatic heterocycles. The normalized spacial score (nSPS) is 11.2. The van der Waals surface area contributed by atoms with Crippen LogP contribution in [0.1, 0.15) is 11.1 Å². The second-order valence-electron chi connectivity index (χ2n) is 7.78. The van der Waals surface area contributed by atoms with Crippen molar-refractivity contribution in [3.8, 4) is 34.1 Å². The number of hydrogen-bond acceptors (Lipinski definition) is 6. The minimum Gasteiger partial charge on any atom is -0.507 e. The molecule has 4 N–H and O–H groups in total. The average molecular weight is 434 g/mol. The molecule has 166 valence electrons. The lowest BCUT2D eigenvalue weighted by Gasteiger charge is -2.18. The van der Waals surface area contributed by atoms with Gasteiger partial charge in [0.1, 0.15) is 36.2 Å². The van der Waals surface area contributed by atoms with Crippen molar-refractivity contribution in [2.75, 3.05) is 26.4 Å². The van der Waals surface area contributed by atoms with E-state index in [9.17, 15) is 20.4 Å². The van der Waals surface area contributed by atoms with Crippen LogP contribution in [0.3, 0.4) is 0 Å². The molecular weight excluding hydrogens is 408 g/mol. The summed E-state index contributed by atoms with van der Waals surface area (Å²) < 4.78 is 11.5. The van der Waals surface area contributed by atoms with Crippen molar-refractivity contribution in [3.63, 3.8) is 0 Å². The van der Waals surface area contributed by atoms with Crippen LogP contribution in [-0.4, -0.2) is 46.9 Å². The predicted molar refractivity (Wildman–Crippen MR) is 125 cm³/mol. The van der Waals surface area contributed by atoms with Gasteiger partial charge in [0.25, 0.3) is 0 Å². The molecule has 6 heteroatoms. The quantitative estimate of drug-likeness (QED) is 0.343. The van der Waals surface area contributed by atoms with Gasteiger partial charge < -0.3 is 29.9 Å². The van der Waals surface area contributed by atoms with Crippen LogP contribution in [0.25, 0.3) is 32.7 Å². The zero-order valence-corrected chi connectivity index (χ0v) is 18.1. The van der Waals surface area contributed by atoms with E-state index in [4.69, 9.17) is 9.47 Å². The fraction of sp³-hybridized carbons (Fsp3) is 0.231. The number of rotatable bonds is 7. The Hall–Kier alpha value is -3.48. The number of phenols is 2. The Balaban J connectivity index is 2.02. The number of aliphatic hydroxyl groups is 2. The van der Waals surface area contributed by atoms with Gasteiger partial charge in [0, 0.05) is 32.7 Å². The minimum atomic E-state index is -0.150. The maximum Gasteiger partial charge on any atom is 0.131 e. The van der Waals surface area contributed by atoms with Gasteiger partial charge in [-0.15, -0.1) is 0 Å². The molecule has 4 rings (SSSR count). The number of aromatic hydroxyl groups is 2. The summed E-state index contributed by atoms with van der Waals surface area (Å²) in [6, 6.07) is 14.5. The van der Waals surface area contributed by atoms with E-state index in [2.05, 4.69) is 0 Å². The summed E-state index contributed by atoms with van der Waals surface area (Å²) in [5, 5.41) is 43.4. The maximum absolute atomic E-state index is 11.2. The molecule has 0 aliphatic rings. The van der Waals surface area contributed by atoms with Gasteiger partial charge in [0.2, 0.25) is 0 Å². The molecule has 0 atom stereocenters. The van der Waals surface area contributed by atoms with Crippen LogP contribution in [0, 0.1) is 13.8 Å². The van der Waals surface area contributed by atoms with Gasteiger partial charge in [-0.1, -0.05) is 35.4 Å². The second kappa shape index (κ2) is 8.94.